The van der Waals surface area contributed by atoms with E-state index in [9.17, 15) is 8.42 Å². The molecule has 2 aromatic rings. The fourth-order valence-corrected chi connectivity index (χ4v) is 4.59. The Morgan fingerprint density at radius 1 is 1.00 bits per heavy atom. The van der Waals surface area contributed by atoms with Gasteiger partial charge in [-0.15, -0.1) is 0 Å². The lowest BCUT2D eigenvalue weighted by atomic mass is 9.99. The molecule has 6 heteroatoms. The number of benzene rings is 2. The third kappa shape index (κ3) is 3.12. The van der Waals surface area contributed by atoms with Gasteiger partial charge in [0.25, 0.3) is 0 Å². The van der Waals surface area contributed by atoms with Crippen LogP contribution < -0.4 is 9.47 Å². The number of ether oxygens (including phenoxy) is 2. The molecule has 1 fully saturated rings. The summed E-state index contributed by atoms with van der Waals surface area (Å²) in [5, 5.41) is 0. The third-order valence-corrected chi connectivity index (χ3v) is 6.28. The Bertz CT molecular complexity index is 805. The molecular formula is C18H21NO4S. The van der Waals surface area contributed by atoms with Crippen molar-refractivity contribution in [3.63, 3.8) is 0 Å². The molecule has 128 valence electrons. The van der Waals surface area contributed by atoms with E-state index in [4.69, 9.17) is 9.47 Å². The summed E-state index contributed by atoms with van der Waals surface area (Å²) in [5.41, 5.74) is 1.18. The highest BCUT2D eigenvalue weighted by atomic mass is 32.2. The lowest BCUT2D eigenvalue weighted by molar-refractivity contribution is 0.353. The maximum Gasteiger partial charge on any atom is 0.243 e. The summed E-state index contributed by atoms with van der Waals surface area (Å²) in [7, 11) is -0.519. The monoisotopic (exact) mass is 347 g/mol. The van der Waals surface area contributed by atoms with Crippen LogP contribution in [0.25, 0.3) is 0 Å². The molecule has 1 aliphatic heterocycles. The molecule has 1 aliphatic rings. The molecule has 0 spiro atoms. The van der Waals surface area contributed by atoms with Crippen molar-refractivity contribution < 1.29 is 17.9 Å². The van der Waals surface area contributed by atoms with Gasteiger partial charge in [0.2, 0.25) is 10.0 Å². The van der Waals surface area contributed by atoms with E-state index in [2.05, 4.69) is 12.1 Å². The van der Waals surface area contributed by atoms with Crippen LogP contribution in [0.2, 0.25) is 0 Å². The summed E-state index contributed by atoms with van der Waals surface area (Å²) in [5.74, 6) is 1.17. The van der Waals surface area contributed by atoms with E-state index in [1.807, 2.05) is 18.2 Å². The summed E-state index contributed by atoms with van der Waals surface area (Å²) >= 11 is 0. The van der Waals surface area contributed by atoms with Gasteiger partial charge in [0, 0.05) is 19.2 Å². The van der Waals surface area contributed by atoms with E-state index in [1.54, 1.807) is 16.4 Å². The lowest BCUT2D eigenvalue weighted by Gasteiger charge is -2.18. The Morgan fingerprint density at radius 2 is 1.71 bits per heavy atom. The van der Waals surface area contributed by atoms with Crippen molar-refractivity contribution in [2.24, 2.45) is 0 Å². The maximum absolute atomic E-state index is 12.9. The van der Waals surface area contributed by atoms with E-state index in [0.717, 1.165) is 6.42 Å². The summed E-state index contributed by atoms with van der Waals surface area (Å²) in [6, 6.07) is 14.7. The van der Waals surface area contributed by atoms with Gasteiger partial charge in [-0.1, -0.05) is 30.3 Å². The molecule has 2 aromatic carbocycles. The summed E-state index contributed by atoms with van der Waals surface area (Å²) in [6.07, 6.45) is 0.830. The van der Waals surface area contributed by atoms with Crippen LogP contribution in [0, 0.1) is 0 Å². The highest BCUT2D eigenvalue weighted by Gasteiger charge is 2.33. The minimum atomic E-state index is -3.54. The number of methoxy groups -OCH3 is 2. The van der Waals surface area contributed by atoms with Crippen LogP contribution in [0.5, 0.6) is 11.5 Å². The zero-order chi connectivity index (χ0) is 17.2. The van der Waals surface area contributed by atoms with Gasteiger partial charge in [0.05, 0.1) is 19.1 Å². The first-order valence-electron chi connectivity index (χ1n) is 7.83. The predicted molar refractivity (Wildman–Crippen MR) is 92.1 cm³/mol. The first-order valence-corrected chi connectivity index (χ1v) is 9.27. The summed E-state index contributed by atoms with van der Waals surface area (Å²) < 4.78 is 37.8. The second-order valence-corrected chi connectivity index (χ2v) is 7.71. The summed E-state index contributed by atoms with van der Waals surface area (Å²) in [4.78, 5) is 0.230. The normalized spacial score (nSPS) is 18.5. The zero-order valence-electron chi connectivity index (χ0n) is 13.8. The highest BCUT2D eigenvalue weighted by Crippen LogP contribution is 2.34. The first-order chi connectivity index (χ1) is 11.6. The van der Waals surface area contributed by atoms with E-state index in [-0.39, 0.29) is 10.8 Å². The Kier molecular flexibility index (Phi) is 4.78. The van der Waals surface area contributed by atoms with Gasteiger partial charge in [0.15, 0.2) is 11.5 Å². The largest absolute Gasteiger partial charge is 0.493 e. The standard InChI is InChI=1S/C18H21NO4S/c1-22-17-9-8-16(12-18(17)23-2)24(20,21)19-11-10-15(13-19)14-6-4-3-5-7-14/h3-9,12,15H,10-11,13H2,1-2H3. The molecule has 0 amide bonds. The number of sulfonamides is 1. The molecule has 0 aromatic heterocycles. The van der Waals surface area contributed by atoms with Crippen molar-refractivity contribution in [3.05, 3.63) is 54.1 Å². The van der Waals surface area contributed by atoms with Gasteiger partial charge in [-0.3, -0.25) is 0 Å². The minimum absolute atomic E-state index is 0.230. The van der Waals surface area contributed by atoms with E-state index in [1.165, 1.54) is 25.8 Å². The van der Waals surface area contributed by atoms with E-state index < -0.39 is 10.0 Å². The molecule has 0 radical (unpaired) electrons. The molecule has 0 saturated carbocycles. The van der Waals surface area contributed by atoms with Crippen molar-refractivity contribution in [3.8, 4) is 11.5 Å². The van der Waals surface area contributed by atoms with Crippen LogP contribution in [-0.4, -0.2) is 40.0 Å². The zero-order valence-corrected chi connectivity index (χ0v) is 14.6. The van der Waals surface area contributed by atoms with E-state index in [0.29, 0.717) is 24.6 Å². The molecule has 3 rings (SSSR count). The quantitative estimate of drug-likeness (QED) is 0.834. The summed E-state index contributed by atoms with van der Waals surface area (Å²) in [6.45, 7) is 1.02. The second kappa shape index (κ2) is 6.83. The van der Waals surface area contributed by atoms with Crippen LogP contribution >= 0.6 is 0 Å². The predicted octanol–water partition coefficient (Wildman–Crippen LogP) is 2.88. The van der Waals surface area contributed by atoms with Crippen LogP contribution in [0.3, 0.4) is 0 Å². The van der Waals surface area contributed by atoms with E-state index >= 15 is 0 Å². The van der Waals surface area contributed by atoms with Gasteiger partial charge >= 0.3 is 0 Å². The van der Waals surface area contributed by atoms with Crippen molar-refractivity contribution in [2.75, 3.05) is 27.3 Å². The second-order valence-electron chi connectivity index (χ2n) is 5.78. The van der Waals surface area contributed by atoms with Crippen LogP contribution in [-0.2, 0) is 10.0 Å². The topological polar surface area (TPSA) is 55.8 Å². The minimum Gasteiger partial charge on any atom is -0.493 e. The van der Waals surface area contributed by atoms with Crippen molar-refractivity contribution in [1.29, 1.82) is 0 Å². The number of rotatable bonds is 5. The van der Waals surface area contributed by atoms with Gasteiger partial charge in [-0.2, -0.15) is 4.31 Å². The van der Waals surface area contributed by atoms with Crippen LogP contribution in [0.1, 0.15) is 17.9 Å². The molecule has 0 bridgehead atoms. The SMILES string of the molecule is COc1ccc(S(=O)(=O)N2CCC(c3ccccc3)C2)cc1OC. The molecule has 1 unspecified atom stereocenters. The molecule has 5 nitrogen and oxygen atoms in total. The molecule has 1 saturated heterocycles. The lowest BCUT2D eigenvalue weighted by Crippen LogP contribution is -2.28. The van der Waals surface area contributed by atoms with Gasteiger partial charge in [-0.05, 0) is 30.0 Å². The Morgan fingerprint density at radius 3 is 2.38 bits per heavy atom. The molecule has 24 heavy (non-hydrogen) atoms. The van der Waals surface area contributed by atoms with Crippen LogP contribution in [0.4, 0.5) is 0 Å². The Labute approximate surface area is 142 Å². The third-order valence-electron chi connectivity index (χ3n) is 4.41. The highest BCUT2D eigenvalue weighted by molar-refractivity contribution is 7.89. The molecule has 1 heterocycles. The smallest absolute Gasteiger partial charge is 0.243 e. The average Bonchev–Trinajstić information content (AvgIpc) is 3.12. The van der Waals surface area contributed by atoms with Gasteiger partial charge in [-0.25, -0.2) is 8.42 Å². The Hall–Kier alpha value is -2.05. The number of hydrogen-bond donors (Lipinski definition) is 0. The number of nitrogens with zero attached hydrogens (tertiary/aromatic N) is 1. The van der Waals surface area contributed by atoms with Crippen molar-refractivity contribution in [1.82, 2.24) is 4.31 Å². The fourth-order valence-electron chi connectivity index (χ4n) is 3.07. The van der Waals surface area contributed by atoms with Gasteiger partial charge < -0.3 is 9.47 Å². The first kappa shape index (κ1) is 16.8. The fraction of sp³-hybridized carbons (Fsp3) is 0.333. The average molecular weight is 347 g/mol. The molecule has 0 aliphatic carbocycles. The molecule has 0 N–H and O–H groups in total. The van der Waals surface area contributed by atoms with Crippen LogP contribution in [0.15, 0.2) is 53.4 Å². The number of hydrogen-bond acceptors (Lipinski definition) is 4. The van der Waals surface area contributed by atoms with Crippen molar-refractivity contribution >= 4 is 10.0 Å². The van der Waals surface area contributed by atoms with Crippen molar-refractivity contribution in [2.45, 2.75) is 17.2 Å². The van der Waals surface area contributed by atoms with Gasteiger partial charge in [0.1, 0.15) is 0 Å². The maximum atomic E-state index is 12.9. The Balaban J connectivity index is 1.84. The molecular weight excluding hydrogens is 326 g/mol. The molecule has 1 atom stereocenters.